The van der Waals surface area contributed by atoms with E-state index in [0.29, 0.717) is 13.2 Å². The molecule has 146 valence electrons. The molecule has 1 saturated heterocycles. The Kier molecular flexibility index (Phi) is 11.1. The van der Waals surface area contributed by atoms with Crippen LogP contribution in [0.15, 0.2) is 24.3 Å². The van der Waals surface area contributed by atoms with Gasteiger partial charge in [-0.15, -0.1) is 0 Å². The molecule has 26 heavy (non-hydrogen) atoms. The van der Waals surface area contributed by atoms with Crippen molar-refractivity contribution in [1.82, 2.24) is 4.90 Å². The van der Waals surface area contributed by atoms with Crippen LogP contribution in [0, 0.1) is 6.92 Å². The van der Waals surface area contributed by atoms with E-state index in [2.05, 4.69) is 17.9 Å². The van der Waals surface area contributed by atoms with Crippen LogP contribution in [0.5, 0.6) is 5.75 Å². The van der Waals surface area contributed by atoms with Gasteiger partial charge in [-0.3, -0.25) is 0 Å². The molecule has 0 atom stereocenters. The van der Waals surface area contributed by atoms with Gasteiger partial charge in [0, 0.05) is 6.54 Å². The number of aliphatic carboxylic acids is 2. The average molecular weight is 367 g/mol. The quantitative estimate of drug-likeness (QED) is 0.564. The lowest BCUT2D eigenvalue weighted by Crippen LogP contribution is -2.29. The summed E-state index contributed by atoms with van der Waals surface area (Å²) in [4.78, 5) is 20.7. The minimum Gasteiger partial charge on any atom is -0.491 e. The Morgan fingerprint density at radius 3 is 2.15 bits per heavy atom. The molecule has 0 bridgehead atoms. The van der Waals surface area contributed by atoms with Gasteiger partial charge in [0.2, 0.25) is 0 Å². The lowest BCUT2D eigenvalue weighted by Gasteiger charge is -2.19. The number of hydrogen-bond donors (Lipinski definition) is 2. The summed E-state index contributed by atoms with van der Waals surface area (Å²) in [6, 6.07) is 8.10. The second-order valence-corrected chi connectivity index (χ2v) is 6.09. The molecule has 0 aromatic heterocycles. The monoisotopic (exact) mass is 367 g/mol. The minimum absolute atomic E-state index is 0.630. The summed E-state index contributed by atoms with van der Waals surface area (Å²) >= 11 is 0. The highest BCUT2D eigenvalue weighted by molar-refractivity contribution is 6.27. The molecular weight excluding hydrogens is 338 g/mol. The Labute approximate surface area is 154 Å². The lowest BCUT2D eigenvalue weighted by molar-refractivity contribution is -0.159. The van der Waals surface area contributed by atoms with Gasteiger partial charge >= 0.3 is 11.9 Å². The summed E-state index contributed by atoms with van der Waals surface area (Å²) in [6.45, 7) is 7.72. The van der Waals surface area contributed by atoms with Crippen molar-refractivity contribution >= 4 is 11.9 Å². The Bertz CT molecular complexity index is 529. The Hall–Kier alpha value is -2.12. The van der Waals surface area contributed by atoms with Crippen molar-refractivity contribution in [3.05, 3.63) is 29.8 Å². The topological polar surface area (TPSA) is 96.3 Å². The molecule has 2 rings (SSSR count). The summed E-state index contributed by atoms with van der Waals surface area (Å²) in [5, 5.41) is 14.8. The molecule has 2 N–H and O–H groups in total. The van der Waals surface area contributed by atoms with Gasteiger partial charge in [-0.1, -0.05) is 31.0 Å². The maximum Gasteiger partial charge on any atom is 0.414 e. The van der Waals surface area contributed by atoms with Crippen LogP contribution in [0.4, 0.5) is 0 Å². The van der Waals surface area contributed by atoms with E-state index in [-0.39, 0.29) is 0 Å². The molecule has 0 aliphatic carbocycles. The van der Waals surface area contributed by atoms with Gasteiger partial charge in [0.25, 0.3) is 0 Å². The highest BCUT2D eigenvalue weighted by Crippen LogP contribution is 2.15. The fourth-order valence-electron chi connectivity index (χ4n) is 2.58. The summed E-state index contributed by atoms with van der Waals surface area (Å²) in [6.07, 6.45) is 5.47. The van der Waals surface area contributed by atoms with Crippen LogP contribution in [0.2, 0.25) is 0 Å². The molecule has 0 radical (unpaired) electrons. The predicted molar refractivity (Wildman–Crippen MR) is 97.7 cm³/mol. The second-order valence-electron chi connectivity index (χ2n) is 6.09. The standard InChI is InChI=1S/C17H27NO2.C2H2O4/c1-16-8-4-5-9-17(16)20-15-14-19-13-12-18-10-6-2-3-7-11-18;3-1(4)2(5)6/h4-5,8-9H,2-3,6-7,10-15H2,1H3;(H,3,4)(H,5,6). The first-order valence-corrected chi connectivity index (χ1v) is 8.95. The van der Waals surface area contributed by atoms with Crippen LogP contribution in [-0.4, -0.2) is 66.5 Å². The molecule has 0 amide bonds. The number of carbonyl (C=O) groups is 2. The highest BCUT2D eigenvalue weighted by Gasteiger charge is 2.08. The van der Waals surface area contributed by atoms with Crippen LogP contribution < -0.4 is 4.74 Å². The van der Waals surface area contributed by atoms with Gasteiger partial charge in [0.1, 0.15) is 12.4 Å². The van der Waals surface area contributed by atoms with E-state index in [1.165, 1.54) is 44.3 Å². The normalized spacial score (nSPS) is 14.7. The molecule has 1 heterocycles. The number of carboxylic acids is 2. The zero-order valence-corrected chi connectivity index (χ0v) is 15.4. The van der Waals surface area contributed by atoms with Gasteiger partial charge in [0.15, 0.2) is 0 Å². The highest BCUT2D eigenvalue weighted by atomic mass is 16.5. The number of carboxylic acid groups (broad SMARTS) is 2. The molecular formula is C19H29NO6. The van der Waals surface area contributed by atoms with Gasteiger partial charge < -0.3 is 24.6 Å². The lowest BCUT2D eigenvalue weighted by atomic mass is 10.2. The molecule has 7 nitrogen and oxygen atoms in total. The molecule has 0 saturated carbocycles. The molecule has 0 unspecified atom stereocenters. The molecule has 1 fully saturated rings. The van der Waals surface area contributed by atoms with Gasteiger partial charge in [-0.05, 0) is 44.5 Å². The Morgan fingerprint density at radius 1 is 0.962 bits per heavy atom. The Morgan fingerprint density at radius 2 is 1.58 bits per heavy atom. The summed E-state index contributed by atoms with van der Waals surface area (Å²) in [7, 11) is 0. The van der Waals surface area contributed by atoms with E-state index in [1.54, 1.807) is 0 Å². The number of likely N-dealkylation sites (tertiary alicyclic amines) is 1. The first-order chi connectivity index (χ1) is 12.5. The number of hydrogen-bond acceptors (Lipinski definition) is 5. The third-order valence-electron chi connectivity index (χ3n) is 4.01. The summed E-state index contributed by atoms with van der Waals surface area (Å²) < 4.78 is 11.4. The van der Waals surface area contributed by atoms with Crippen LogP contribution in [0.3, 0.4) is 0 Å². The van der Waals surface area contributed by atoms with E-state index in [0.717, 1.165) is 18.9 Å². The predicted octanol–water partition coefficient (Wildman–Crippen LogP) is 2.42. The van der Waals surface area contributed by atoms with Gasteiger partial charge in [-0.25, -0.2) is 9.59 Å². The Balaban J connectivity index is 0.000000487. The molecule has 1 aromatic rings. The summed E-state index contributed by atoms with van der Waals surface area (Å²) in [5.74, 6) is -2.69. The van der Waals surface area contributed by atoms with Crippen molar-refractivity contribution in [1.29, 1.82) is 0 Å². The van der Waals surface area contributed by atoms with E-state index in [1.807, 2.05) is 18.2 Å². The zero-order chi connectivity index (χ0) is 19.2. The number of aryl methyl sites for hydroxylation is 1. The number of benzene rings is 1. The first kappa shape index (κ1) is 21.9. The molecule has 1 aliphatic rings. The van der Waals surface area contributed by atoms with Gasteiger partial charge in [0.05, 0.1) is 13.2 Å². The van der Waals surface area contributed by atoms with E-state index < -0.39 is 11.9 Å². The first-order valence-electron chi connectivity index (χ1n) is 8.95. The maximum atomic E-state index is 9.10. The third-order valence-corrected chi connectivity index (χ3v) is 4.01. The van der Waals surface area contributed by atoms with Crippen LogP contribution in [0.25, 0.3) is 0 Å². The van der Waals surface area contributed by atoms with E-state index >= 15 is 0 Å². The average Bonchev–Trinajstić information content (AvgIpc) is 2.88. The summed E-state index contributed by atoms with van der Waals surface area (Å²) in [5.41, 5.74) is 1.18. The SMILES string of the molecule is Cc1ccccc1OCCOCCN1CCCCCC1.O=C(O)C(=O)O. The smallest absolute Gasteiger partial charge is 0.414 e. The van der Waals surface area contributed by atoms with E-state index in [4.69, 9.17) is 29.3 Å². The fraction of sp³-hybridized carbons (Fsp3) is 0.579. The molecule has 7 heteroatoms. The number of para-hydroxylation sites is 1. The zero-order valence-electron chi connectivity index (χ0n) is 15.4. The van der Waals surface area contributed by atoms with Crippen molar-refractivity contribution in [3.8, 4) is 5.75 Å². The third kappa shape index (κ3) is 10.0. The van der Waals surface area contributed by atoms with Crippen LogP contribution >= 0.6 is 0 Å². The van der Waals surface area contributed by atoms with E-state index in [9.17, 15) is 0 Å². The fourth-order valence-corrected chi connectivity index (χ4v) is 2.58. The number of ether oxygens (including phenoxy) is 2. The van der Waals surface area contributed by atoms with Crippen molar-refractivity contribution in [2.75, 3.05) is 39.5 Å². The largest absolute Gasteiger partial charge is 0.491 e. The van der Waals surface area contributed by atoms with Gasteiger partial charge in [-0.2, -0.15) is 0 Å². The number of rotatable bonds is 7. The number of nitrogens with zero attached hydrogens (tertiary/aromatic N) is 1. The second kappa shape index (κ2) is 13.1. The maximum absolute atomic E-state index is 9.10. The molecule has 0 spiro atoms. The minimum atomic E-state index is -1.82. The molecule has 1 aromatic carbocycles. The van der Waals surface area contributed by atoms with Crippen LogP contribution in [0.1, 0.15) is 31.2 Å². The van der Waals surface area contributed by atoms with Crippen molar-refractivity contribution < 1.29 is 29.3 Å². The molecule has 1 aliphatic heterocycles. The van der Waals surface area contributed by atoms with Crippen molar-refractivity contribution in [2.24, 2.45) is 0 Å². The van der Waals surface area contributed by atoms with Crippen molar-refractivity contribution in [3.63, 3.8) is 0 Å². The van der Waals surface area contributed by atoms with Crippen molar-refractivity contribution in [2.45, 2.75) is 32.6 Å². The van der Waals surface area contributed by atoms with Crippen LogP contribution in [-0.2, 0) is 14.3 Å².